The fourth-order valence-electron chi connectivity index (χ4n) is 1.57. The van der Waals surface area contributed by atoms with Gasteiger partial charge < -0.3 is 10.7 Å². The maximum Gasteiger partial charge on any atom is 0.203 e. The number of aromatic nitrogens is 4. The second kappa shape index (κ2) is 3.57. The van der Waals surface area contributed by atoms with Crippen LogP contribution in [0.5, 0.6) is 0 Å². The van der Waals surface area contributed by atoms with Crippen molar-refractivity contribution in [1.29, 1.82) is 0 Å². The number of benzene rings is 1. The van der Waals surface area contributed by atoms with Crippen molar-refractivity contribution < 1.29 is 0 Å². The summed E-state index contributed by atoms with van der Waals surface area (Å²) in [5.41, 5.74) is 7.53. The molecule has 0 atom stereocenters. The van der Waals surface area contributed by atoms with E-state index in [2.05, 4.69) is 20.2 Å². The lowest BCUT2D eigenvalue weighted by Gasteiger charge is -1.88. The molecule has 0 saturated heterocycles. The van der Waals surface area contributed by atoms with Gasteiger partial charge in [-0.1, -0.05) is 23.5 Å². The average molecular weight is 231 g/mol. The first kappa shape index (κ1) is 9.29. The molecule has 0 spiro atoms. The number of aromatic amines is 1. The number of nitrogens with zero attached hydrogens (tertiary/aromatic N) is 3. The molecule has 16 heavy (non-hydrogen) atoms. The fraction of sp³-hybridized carbons (Fsp3) is 0.100. The summed E-state index contributed by atoms with van der Waals surface area (Å²) in [5.74, 6) is 0.886. The Kier molecular flexibility index (Phi) is 2.07. The number of H-pyrrole nitrogens is 1. The van der Waals surface area contributed by atoms with Gasteiger partial charge in [-0.05, 0) is 12.1 Å². The quantitative estimate of drug-likeness (QED) is 0.701. The maximum absolute atomic E-state index is 5.52. The van der Waals surface area contributed by atoms with Crippen LogP contribution >= 0.6 is 11.3 Å². The third-order valence-electron chi connectivity index (χ3n) is 2.24. The summed E-state index contributed by atoms with van der Waals surface area (Å²) in [6, 6.07) is 7.92. The molecule has 5 nitrogen and oxygen atoms in total. The predicted molar refractivity (Wildman–Crippen MR) is 63.2 cm³/mol. The molecule has 6 heteroatoms. The first-order chi connectivity index (χ1) is 7.81. The monoisotopic (exact) mass is 231 g/mol. The van der Waals surface area contributed by atoms with Crippen molar-refractivity contribution in [3.05, 3.63) is 35.1 Å². The number of nitrogens with one attached hydrogen (secondary N) is 1. The average Bonchev–Trinajstić information content (AvgIpc) is 2.84. The van der Waals surface area contributed by atoms with Gasteiger partial charge in [0, 0.05) is 0 Å². The number of para-hydroxylation sites is 2. The normalized spacial score (nSPS) is 11.0. The van der Waals surface area contributed by atoms with Crippen LogP contribution in [0.25, 0.3) is 11.0 Å². The Balaban J connectivity index is 1.95. The highest BCUT2D eigenvalue weighted by molar-refractivity contribution is 7.15. The maximum atomic E-state index is 5.52. The lowest BCUT2D eigenvalue weighted by molar-refractivity contribution is 0.962. The van der Waals surface area contributed by atoms with Gasteiger partial charge in [-0.2, -0.15) is 0 Å². The molecule has 0 bridgehead atoms. The van der Waals surface area contributed by atoms with Crippen molar-refractivity contribution in [1.82, 2.24) is 20.2 Å². The Morgan fingerprint density at radius 1 is 1.25 bits per heavy atom. The van der Waals surface area contributed by atoms with E-state index in [1.54, 1.807) is 0 Å². The van der Waals surface area contributed by atoms with Crippen molar-refractivity contribution >= 4 is 27.5 Å². The molecule has 3 aromatic rings. The van der Waals surface area contributed by atoms with E-state index in [0.29, 0.717) is 11.6 Å². The number of fused-ring (bicyclic) bond motifs is 1. The summed E-state index contributed by atoms with van der Waals surface area (Å²) < 4.78 is 0. The van der Waals surface area contributed by atoms with Crippen LogP contribution in [-0.4, -0.2) is 20.2 Å². The summed E-state index contributed by atoms with van der Waals surface area (Å²) >= 11 is 1.39. The molecule has 1 aromatic carbocycles. The van der Waals surface area contributed by atoms with Crippen molar-refractivity contribution in [3.8, 4) is 0 Å². The molecule has 0 amide bonds. The SMILES string of the molecule is Nc1nnc(Cc2nc3ccccc3[nH]2)s1. The summed E-state index contributed by atoms with van der Waals surface area (Å²) in [6.07, 6.45) is 0.642. The number of nitrogens with two attached hydrogens (primary N) is 1. The summed E-state index contributed by atoms with van der Waals surface area (Å²) in [5, 5.41) is 9.10. The van der Waals surface area contributed by atoms with Crippen molar-refractivity contribution in [2.24, 2.45) is 0 Å². The number of hydrogen-bond acceptors (Lipinski definition) is 5. The van der Waals surface area contributed by atoms with Gasteiger partial charge in [0.25, 0.3) is 0 Å². The van der Waals surface area contributed by atoms with E-state index in [4.69, 9.17) is 5.73 Å². The van der Waals surface area contributed by atoms with Gasteiger partial charge in [0.15, 0.2) is 0 Å². The Bertz CT molecular complexity index is 594. The molecule has 0 aliphatic carbocycles. The molecule has 0 fully saturated rings. The Morgan fingerprint density at radius 2 is 2.12 bits per heavy atom. The van der Waals surface area contributed by atoms with Crippen LogP contribution in [0, 0.1) is 0 Å². The van der Waals surface area contributed by atoms with Crippen LogP contribution in [0.2, 0.25) is 0 Å². The molecule has 2 heterocycles. The summed E-state index contributed by atoms with van der Waals surface area (Å²) in [7, 11) is 0. The van der Waals surface area contributed by atoms with Gasteiger partial charge in [0.05, 0.1) is 17.5 Å². The molecule has 3 N–H and O–H groups in total. The van der Waals surface area contributed by atoms with E-state index >= 15 is 0 Å². The van der Waals surface area contributed by atoms with E-state index in [9.17, 15) is 0 Å². The lowest BCUT2D eigenvalue weighted by atomic mass is 10.3. The third kappa shape index (κ3) is 1.63. The van der Waals surface area contributed by atoms with Gasteiger partial charge in [0.2, 0.25) is 5.13 Å². The number of anilines is 1. The molecule has 0 aliphatic rings. The van der Waals surface area contributed by atoms with E-state index in [0.717, 1.165) is 21.9 Å². The van der Waals surface area contributed by atoms with Crippen LogP contribution in [0.15, 0.2) is 24.3 Å². The van der Waals surface area contributed by atoms with Gasteiger partial charge in [-0.15, -0.1) is 10.2 Å². The molecular formula is C10H9N5S. The second-order valence-corrected chi connectivity index (χ2v) is 4.51. The van der Waals surface area contributed by atoms with E-state index < -0.39 is 0 Å². The largest absolute Gasteiger partial charge is 0.374 e. The van der Waals surface area contributed by atoms with Crippen molar-refractivity contribution in [2.45, 2.75) is 6.42 Å². The van der Waals surface area contributed by atoms with Gasteiger partial charge in [-0.3, -0.25) is 0 Å². The van der Waals surface area contributed by atoms with Crippen LogP contribution in [0.3, 0.4) is 0 Å². The first-order valence-corrected chi connectivity index (χ1v) is 5.64. The highest BCUT2D eigenvalue weighted by Crippen LogP contribution is 2.16. The smallest absolute Gasteiger partial charge is 0.203 e. The van der Waals surface area contributed by atoms with Crippen LogP contribution < -0.4 is 5.73 Å². The molecule has 0 unspecified atom stereocenters. The molecule has 2 aromatic heterocycles. The van der Waals surface area contributed by atoms with E-state index in [1.165, 1.54) is 11.3 Å². The molecule has 80 valence electrons. The molecule has 0 aliphatic heterocycles. The van der Waals surface area contributed by atoms with Gasteiger partial charge in [-0.25, -0.2) is 4.98 Å². The molecular weight excluding hydrogens is 222 g/mol. The zero-order valence-electron chi connectivity index (χ0n) is 8.34. The van der Waals surface area contributed by atoms with E-state index in [1.807, 2.05) is 24.3 Å². The molecule has 0 radical (unpaired) electrons. The zero-order valence-corrected chi connectivity index (χ0v) is 9.16. The van der Waals surface area contributed by atoms with Gasteiger partial charge >= 0.3 is 0 Å². The van der Waals surface area contributed by atoms with Crippen LogP contribution in [0.4, 0.5) is 5.13 Å². The Hall–Kier alpha value is -1.95. The highest BCUT2D eigenvalue weighted by atomic mass is 32.1. The standard InChI is InChI=1S/C10H9N5S/c11-10-15-14-9(16-10)5-8-12-6-3-1-2-4-7(6)13-8/h1-4H,5H2,(H2,11,15)(H,12,13). The van der Waals surface area contributed by atoms with Crippen LogP contribution in [-0.2, 0) is 6.42 Å². The molecule has 3 rings (SSSR count). The van der Waals surface area contributed by atoms with Crippen molar-refractivity contribution in [2.75, 3.05) is 5.73 Å². The van der Waals surface area contributed by atoms with Crippen LogP contribution in [0.1, 0.15) is 10.8 Å². The Morgan fingerprint density at radius 3 is 2.88 bits per heavy atom. The second-order valence-electron chi connectivity index (χ2n) is 3.41. The number of rotatable bonds is 2. The Labute approximate surface area is 95.4 Å². The predicted octanol–water partition coefficient (Wildman–Crippen LogP) is 1.59. The zero-order chi connectivity index (χ0) is 11.0. The van der Waals surface area contributed by atoms with Gasteiger partial charge in [0.1, 0.15) is 10.8 Å². The number of nitrogen functional groups attached to an aromatic ring is 1. The number of imidazole rings is 1. The minimum absolute atomic E-state index is 0.492. The minimum atomic E-state index is 0.492. The lowest BCUT2D eigenvalue weighted by Crippen LogP contribution is -1.89. The van der Waals surface area contributed by atoms with E-state index in [-0.39, 0.29) is 0 Å². The third-order valence-corrected chi connectivity index (χ3v) is 2.99. The van der Waals surface area contributed by atoms with Crippen molar-refractivity contribution in [3.63, 3.8) is 0 Å². The fourth-order valence-corrected chi connectivity index (χ4v) is 2.18. The summed E-state index contributed by atoms with van der Waals surface area (Å²) in [6.45, 7) is 0. The molecule has 0 saturated carbocycles. The first-order valence-electron chi connectivity index (χ1n) is 4.83. The topological polar surface area (TPSA) is 80.5 Å². The number of hydrogen-bond donors (Lipinski definition) is 2. The highest BCUT2D eigenvalue weighted by Gasteiger charge is 2.06. The minimum Gasteiger partial charge on any atom is -0.374 e. The summed E-state index contributed by atoms with van der Waals surface area (Å²) in [4.78, 5) is 7.70.